The van der Waals surface area contributed by atoms with Crippen LogP contribution in [-0.4, -0.2) is 151 Å². The number of carboxylic acid groups (broad SMARTS) is 2. The zero-order chi connectivity index (χ0) is 50.7. The first kappa shape index (κ1) is 55.0. The molecule has 2 aromatic rings. The van der Waals surface area contributed by atoms with Crippen LogP contribution in [0.1, 0.15) is 77.5 Å². The summed E-state index contributed by atoms with van der Waals surface area (Å²) in [5.41, 5.74) is 17.5. The van der Waals surface area contributed by atoms with Gasteiger partial charge in [0.25, 0.3) is 0 Å². The standard InChI is InChI=1S/C43H65N13O12/c1-5-23(4)35(41(67)53-30(17-25-19-47-21-50-25)42(68)56-15-7-9-31(56)39(65)49-20-33(60)61)55-38(64)29(16-24-10-12-26(57)13-11-24)52-40(66)34(22(2)3)54-37(63)28(8-6-14-48-43(45)46)51-36(62)27(44)18-32(58)59/h10-13,19,21-23,27-31,34-35,57H,5-9,14-18,20,44H2,1-4H3,(H,47,50)(H,49,65)(H,51,62)(H,52,66)(H,53,67)(H,54,63)(H,55,64)(H,58,59)(H,60,61)(H4,45,46,48)/t23-,27-,28-,29-,30-,31-,34-,35-/m0/s1. The van der Waals surface area contributed by atoms with E-state index >= 15 is 0 Å². The van der Waals surface area contributed by atoms with E-state index in [4.69, 9.17) is 27.4 Å². The number of H-pyrrole nitrogens is 1. The number of nitrogens with zero attached hydrogens (tertiary/aromatic N) is 3. The van der Waals surface area contributed by atoms with E-state index in [9.17, 15) is 48.3 Å². The lowest BCUT2D eigenvalue weighted by Gasteiger charge is -2.31. The number of aromatic nitrogens is 2. The zero-order valence-electron chi connectivity index (χ0n) is 38.5. The molecule has 0 unspecified atom stereocenters. The molecule has 2 heterocycles. The quantitative estimate of drug-likeness (QED) is 0.0242. The Morgan fingerprint density at radius 3 is 2.03 bits per heavy atom. The summed E-state index contributed by atoms with van der Waals surface area (Å²) in [4.78, 5) is 131. The van der Waals surface area contributed by atoms with Gasteiger partial charge in [0.1, 0.15) is 48.5 Å². The number of carbonyl (C=O) groups excluding carboxylic acids is 7. The van der Waals surface area contributed by atoms with Crippen LogP contribution in [0.2, 0.25) is 0 Å². The number of phenols is 1. The molecule has 1 saturated heterocycles. The van der Waals surface area contributed by atoms with Crippen LogP contribution in [0.3, 0.4) is 0 Å². The molecule has 3 rings (SSSR count). The second kappa shape index (κ2) is 26.7. The van der Waals surface area contributed by atoms with Gasteiger partial charge in [-0.2, -0.15) is 0 Å². The maximum atomic E-state index is 14.4. The van der Waals surface area contributed by atoms with Crippen molar-refractivity contribution in [3.63, 3.8) is 0 Å². The Labute approximate surface area is 392 Å². The van der Waals surface area contributed by atoms with Gasteiger partial charge < -0.3 is 74.3 Å². The van der Waals surface area contributed by atoms with Crippen molar-refractivity contribution in [3.05, 3.63) is 48.0 Å². The van der Waals surface area contributed by atoms with Crippen LogP contribution in [0.25, 0.3) is 0 Å². The topological polar surface area (TPSA) is 409 Å². The van der Waals surface area contributed by atoms with Crippen molar-refractivity contribution < 1.29 is 58.5 Å². The van der Waals surface area contributed by atoms with Crippen LogP contribution >= 0.6 is 0 Å². The molecule has 1 aliphatic heterocycles. The van der Waals surface area contributed by atoms with Gasteiger partial charge in [-0.25, -0.2) is 4.98 Å². The number of hydrogen-bond donors (Lipinski definition) is 13. The minimum Gasteiger partial charge on any atom is -0.508 e. The predicted molar refractivity (Wildman–Crippen MR) is 244 cm³/mol. The number of likely N-dealkylation sites (tertiary alicyclic amines) is 1. The Morgan fingerprint density at radius 1 is 0.824 bits per heavy atom. The van der Waals surface area contributed by atoms with Crippen molar-refractivity contribution >= 4 is 59.2 Å². The molecule has 7 amide bonds. The van der Waals surface area contributed by atoms with E-state index in [0.29, 0.717) is 24.1 Å². The highest BCUT2D eigenvalue weighted by Crippen LogP contribution is 2.21. The maximum absolute atomic E-state index is 14.4. The van der Waals surface area contributed by atoms with Gasteiger partial charge in [0.15, 0.2) is 5.96 Å². The number of guanidine groups is 1. The number of benzene rings is 1. The van der Waals surface area contributed by atoms with E-state index in [2.05, 4.69) is 46.9 Å². The summed E-state index contributed by atoms with van der Waals surface area (Å²) in [5.74, 6) is -9.58. The molecule has 0 saturated carbocycles. The number of aromatic hydroxyl groups is 1. The summed E-state index contributed by atoms with van der Waals surface area (Å²) in [6, 6.07) is -3.36. The Bertz CT molecular complexity index is 2100. The summed E-state index contributed by atoms with van der Waals surface area (Å²) < 4.78 is 0. The van der Waals surface area contributed by atoms with Crippen LogP contribution in [0, 0.1) is 11.8 Å². The fourth-order valence-corrected chi connectivity index (χ4v) is 7.28. The highest BCUT2D eigenvalue weighted by molar-refractivity contribution is 5.98. The molecule has 68 heavy (non-hydrogen) atoms. The fourth-order valence-electron chi connectivity index (χ4n) is 7.28. The molecule has 0 aliphatic carbocycles. The van der Waals surface area contributed by atoms with Crippen molar-refractivity contribution in [2.24, 2.45) is 34.0 Å². The number of carboxylic acids is 2. The molecule has 16 N–H and O–H groups in total. The van der Waals surface area contributed by atoms with Gasteiger partial charge in [0.05, 0.1) is 18.8 Å². The number of aliphatic imine (C=N–C) groups is 1. The molecular weight excluding hydrogens is 891 g/mol. The third-order valence-corrected chi connectivity index (χ3v) is 11.2. The third-order valence-electron chi connectivity index (χ3n) is 11.2. The van der Waals surface area contributed by atoms with Crippen LogP contribution in [0.5, 0.6) is 5.75 Å². The van der Waals surface area contributed by atoms with Crippen molar-refractivity contribution in [1.82, 2.24) is 46.8 Å². The van der Waals surface area contributed by atoms with Crippen LogP contribution in [-0.2, 0) is 56.0 Å². The van der Waals surface area contributed by atoms with E-state index in [-0.39, 0.29) is 56.9 Å². The molecule has 0 spiro atoms. The number of hydrogen-bond acceptors (Lipinski definition) is 13. The summed E-state index contributed by atoms with van der Waals surface area (Å²) in [7, 11) is 0. The number of aromatic amines is 1. The molecule has 8 atom stereocenters. The lowest BCUT2D eigenvalue weighted by molar-refractivity contribution is -0.143. The second-order valence-corrected chi connectivity index (χ2v) is 16.9. The first-order valence-corrected chi connectivity index (χ1v) is 22.2. The van der Waals surface area contributed by atoms with Gasteiger partial charge in [-0.15, -0.1) is 0 Å². The summed E-state index contributed by atoms with van der Waals surface area (Å²) in [6.45, 7) is 6.26. The first-order chi connectivity index (χ1) is 32.1. The zero-order valence-corrected chi connectivity index (χ0v) is 38.5. The number of imidazole rings is 1. The largest absolute Gasteiger partial charge is 0.508 e. The number of nitrogens with one attached hydrogen (secondary N) is 7. The average molecular weight is 956 g/mol. The Balaban J connectivity index is 1.92. The summed E-state index contributed by atoms with van der Waals surface area (Å²) in [6.07, 6.45) is 3.01. The molecule has 25 nitrogen and oxygen atoms in total. The second-order valence-electron chi connectivity index (χ2n) is 16.9. The number of phenolic OH excluding ortho intramolecular Hbond substituents is 1. The Morgan fingerprint density at radius 2 is 1.44 bits per heavy atom. The van der Waals surface area contributed by atoms with E-state index in [1.165, 1.54) is 41.7 Å². The third kappa shape index (κ3) is 17.5. The molecule has 0 bridgehead atoms. The Hall–Kier alpha value is -7.31. The number of carbonyl (C=O) groups is 9. The van der Waals surface area contributed by atoms with Gasteiger partial charge in [0.2, 0.25) is 41.4 Å². The molecule has 1 fully saturated rings. The van der Waals surface area contributed by atoms with Gasteiger partial charge in [-0.3, -0.25) is 48.1 Å². The average Bonchev–Trinajstić information content (AvgIpc) is 4.00. The van der Waals surface area contributed by atoms with Crippen LogP contribution < -0.4 is 49.1 Å². The normalized spacial score (nSPS) is 16.4. The maximum Gasteiger partial charge on any atom is 0.322 e. The van der Waals surface area contributed by atoms with Crippen molar-refractivity contribution in [3.8, 4) is 5.75 Å². The minimum atomic E-state index is -1.50. The molecule has 1 aromatic carbocycles. The number of rotatable bonds is 27. The van der Waals surface area contributed by atoms with E-state index in [1.54, 1.807) is 27.7 Å². The predicted octanol–water partition coefficient (Wildman–Crippen LogP) is -2.93. The van der Waals surface area contributed by atoms with Gasteiger partial charge in [-0.05, 0) is 55.2 Å². The van der Waals surface area contributed by atoms with Gasteiger partial charge in [-0.1, -0.05) is 46.2 Å². The van der Waals surface area contributed by atoms with Crippen LogP contribution in [0.15, 0.2) is 41.8 Å². The number of nitrogens with two attached hydrogens (primary N) is 3. The lowest BCUT2D eigenvalue weighted by Crippen LogP contribution is -2.62. The smallest absolute Gasteiger partial charge is 0.322 e. The molecule has 374 valence electrons. The Kier molecular flexibility index (Phi) is 21.6. The molecule has 1 aliphatic rings. The molecule has 1 aromatic heterocycles. The monoisotopic (exact) mass is 955 g/mol. The number of amides is 7. The highest BCUT2D eigenvalue weighted by Gasteiger charge is 2.40. The summed E-state index contributed by atoms with van der Waals surface area (Å²) in [5, 5.41) is 43.7. The molecule has 0 radical (unpaired) electrons. The number of aliphatic carboxylic acids is 2. The van der Waals surface area contributed by atoms with E-state index in [1.807, 2.05) is 0 Å². The van der Waals surface area contributed by atoms with E-state index in [0.717, 1.165) is 0 Å². The van der Waals surface area contributed by atoms with Gasteiger partial charge >= 0.3 is 11.9 Å². The van der Waals surface area contributed by atoms with Gasteiger partial charge in [0, 0.05) is 37.8 Å². The highest BCUT2D eigenvalue weighted by atomic mass is 16.4. The minimum absolute atomic E-state index is 0.0550. The lowest BCUT2D eigenvalue weighted by atomic mass is 9.96. The molecule has 25 heteroatoms. The van der Waals surface area contributed by atoms with Crippen LogP contribution in [0.4, 0.5) is 0 Å². The molecular formula is C43H65N13O12. The summed E-state index contributed by atoms with van der Waals surface area (Å²) >= 11 is 0. The van der Waals surface area contributed by atoms with Crippen molar-refractivity contribution in [2.75, 3.05) is 19.6 Å². The van der Waals surface area contributed by atoms with E-state index < -0.39 is 120 Å². The SMILES string of the molecule is CC[C@H](C)[C@H](NC(=O)[C@H](Cc1ccc(O)cc1)NC(=O)[C@@H](NC(=O)[C@H](CCCN=C(N)N)NC(=O)[C@@H](N)CC(=O)O)C(C)C)C(=O)N[C@@H](Cc1cnc[nH]1)C(=O)N1CCC[C@H]1C(=O)NCC(=O)O. The fraction of sp³-hybridized carbons (Fsp3) is 0.558. The van der Waals surface area contributed by atoms with Crippen molar-refractivity contribution in [1.29, 1.82) is 0 Å². The van der Waals surface area contributed by atoms with Crippen molar-refractivity contribution in [2.45, 2.75) is 121 Å². The first-order valence-electron chi connectivity index (χ1n) is 22.2.